The van der Waals surface area contributed by atoms with E-state index in [0.717, 1.165) is 6.92 Å². The van der Waals surface area contributed by atoms with E-state index in [1.165, 1.54) is 0 Å². The lowest BCUT2D eigenvalue weighted by Gasteiger charge is -2.20. The lowest BCUT2D eigenvalue weighted by molar-refractivity contribution is -0.139. The summed E-state index contributed by atoms with van der Waals surface area (Å²) in [5.41, 5.74) is -0.710. The number of hydrogen-bond acceptors (Lipinski definition) is 3. The molecule has 0 aliphatic carbocycles. The third kappa shape index (κ3) is 5.95. The molecule has 0 aromatic carbocycles. The van der Waals surface area contributed by atoms with Gasteiger partial charge in [0.1, 0.15) is 11.6 Å². The molecule has 0 rings (SSSR count). The summed E-state index contributed by atoms with van der Waals surface area (Å²) in [5.74, 6) is -1.44. The quantitative estimate of drug-likeness (QED) is 0.680. The predicted molar refractivity (Wildman–Crippen MR) is 46.5 cm³/mol. The van der Waals surface area contributed by atoms with Crippen LogP contribution in [0.15, 0.2) is 0 Å². The van der Waals surface area contributed by atoms with Crippen molar-refractivity contribution in [3.8, 4) is 0 Å². The molecule has 0 radical (unpaired) electrons. The van der Waals surface area contributed by atoms with Crippen molar-refractivity contribution in [1.29, 1.82) is 0 Å². The van der Waals surface area contributed by atoms with Crippen molar-refractivity contribution >= 4 is 12.1 Å². The molecule has 0 bridgehead atoms. The van der Waals surface area contributed by atoms with E-state index in [9.17, 15) is 9.59 Å². The Hall–Kier alpha value is -1.26. The van der Waals surface area contributed by atoms with Crippen molar-refractivity contribution in [3.63, 3.8) is 0 Å². The van der Waals surface area contributed by atoms with Gasteiger partial charge in [0.05, 0.1) is 1.37 Å². The van der Waals surface area contributed by atoms with Crippen LogP contribution in [-0.4, -0.2) is 28.8 Å². The summed E-state index contributed by atoms with van der Waals surface area (Å²) in [6, 6.07) is -2.07. The molecule has 5 heteroatoms. The van der Waals surface area contributed by atoms with Gasteiger partial charge in [0.25, 0.3) is 0 Å². The zero-order valence-electron chi connectivity index (χ0n) is 9.17. The number of nitrogens with one attached hydrogen (secondary N) is 1. The van der Waals surface area contributed by atoms with Crippen LogP contribution >= 0.6 is 0 Å². The van der Waals surface area contributed by atoms with Gasteiger partial charge in [0, 0.05) is 0 Å². The Labute approximate surface area is 78.5 Å². The highest BCUT2D eigenvalue weighted by atomic mass is 16.6. The van der Waals surface area contributed by atoms with Gasteiger partial charge >= 0.3 is 12.1 Å². The monoisotopic (exact) mass is 190 g/mol. The molecule has 0 saturated carbocycles. The fourth-order valence-electron chi connectivity index (χ4n) is 0.510. The molecule has 0 saturated heterocycles. The average molecular weight is 190 g/mol. The molecule has 0 aliphatic rings. The number of carbonyl (C=O) groups excluding carboxylic acids is 1. The first kappa shape index (κ1) is 9.83. The summed E-state index contributed by atoms with van der Waals surface area (Å²) in [4.78, 5) is 21.5. The maximum Gasteiger partial charge on any atom is 0.408 e. The zero-order chi connectivity index (χ0) is 11.6. The Morgan fingerprint density at radius 2 is 2.00 bits per heavy atom. The Balaban J connectivity index is 4.27. The van der Waals surface area contributed by atoms with Crippen LogP contribution in [0.2, 0.25) is 0 Å². The van der Waals surface area contributed by atoms with Crippen molar-refractivity contribution in [2.24, 2.45) is 0 Å². The number of alkyl carbamates (subject to hydrolysis) is 1. The van der Waals surface area contributed by atoms with Crippen LogP contribution in [0.5, 0.6) is 0 Å². The van der Waals surface area contributed by atoms with Crippen molar-refractivity contribution in [2.45, 2.75) is 39.3 Å². The summed E-state index contributed by atoms with van der Waals surface area (Å²) in [6.45, 7) is 6.00. The third-order valence-electron chi connectivity index (χ3n) is 1.01. The summed E-state index contributed by atoms with van der Waals surface area (Å²) >= 11 is 0. The third-order valence-corrected chi connectivity index (χ3v) is 1.01. The Morgan fingerprint density at radius 1 is 1.54 bits per heavy atom. The molecule has 2 N–H and O–H groups in total. The Kier molecular flexibility index (Phi) is 3.11. The minimum atomic E-state index is -2.07. The van der Waals surface area contributed by atoms with E-state index in [1.807, 2.05) is 5.32 Å². The van der Waals surface area contributed by atoms with E-state index in [4.69, 9.17) is 11.2 Å². The first-order valence-corrected chi connectivity index (χ1v) is 3.79. The van der Waals surface area contributed by atoms with Crippen molar-refractivity contribution in [3.05, 3.63) is 0 Å². The molecule has 0 fully saturated rings. The number of rotatable bonds is 2. The predicted octanol–water partition coefficient (Wildman–Crippen LogP) is 0.984. The highest BCUT2D eigenvalue weighted by Gasteiger charge is 2.20. The van der Waals surface area contributed by atoms with Gasteiger partial charge in [-0.3, -0.25) is 4.79 Å². The largest absolute Gasteiger partial charge is 0.480 e. The number of ether oxygens (including phenoxy) is 1. The fourth-order valence-corrected chi connectivity index (χ4v) is 0.510. The summed E-state index contributed by atoms with van der Waals surface area (Å²) in [5, 5.41) is 10.4. The lowest BCUT2D eigenvalue weighted by atomic mass is 10.2. The normalized spacial score (nSPS) is 16.8. The standard InChI is InChI=1S/C8H15NO4/c1-5(6(10)11)9-7(12)13-8(2,3)4/h5H,1-4H3,(H,9,12)(H,10,11)/t5-/m0/s1/i5D. The van der Waals surface area contributed by atoms with E-state index in [1.54, 1.807) is 20.8 Å². The number of carboxylic acids is 1. The van der Waals surface area contributed by atoms with Gasteiger partial charge in [-0.2, -0.15) is 0 Å². The van der Waals surface area contributed by atoms with Crippen LogP contribution in [0.4, 0.5) is 4.79 Å². The molecule has 0 spiro atoms. The maximum absolute atomic E-state index is 11.1. The number of carboxylic acid groups (broad SMARTS) is 1. The van der Waals surface area contributed by atoms with Crippen LogP contribution in [0, 0.1) is 0 Å². The van der Waals surface area contributed by atoms with Gasteiger partial charge in [-0.05, 0) is 27.7 Å². The Bertz CT molecular complexity index is 244. The fraction of sp³-hybridized carbons (Fsp3) is 0.750. The first-order valence-electron chi connectivity index (χ1n) is 4.29. The summed E-state index contributed by atoms with van der Waals surface area (Å²) < 4.78 is 12.0. The topological polar surface area (TPSA) is 75.6 Å². The van der Waals surface area contributed by atoms with E-state index in [0.29, 0.717) is 0 Å². The molecule has 76 valence electrons. The van der Waals surface area contributed by atoms with E-state index in [-0.39, 0.29) is 0 Å². The van der Waals surface area contributed by atoms with Gasteiger partial charge in [-0.25, -0.2) is 4.79 Å². The highest BCUT2D eigenvalue weighted by Crippen LogP contribution is 2.06. The average Bonchev–Trinajstić information content (AvgIpc) is 1.79. The van der Waals surface area contributed by atoms with Crippen molar-refractivity contribution < 1.29 is 20.8 Å². The molecule has 0 aromatic heterocycles. The molecule has 5 nitrogen and oxygen atoms in total. The van der Waals surface area contributed by atoms with Gasteiger partial charge in [0.15, 0.2) is 0 Å². The molecule has 0 aromatic rings. The number of aliphatic carboxylic acids is 1. The summed E-state index contributed by atoms with van der Waals surface area (Å²) in [7, 11) is 0. The minimum absolute atomic E-state index is 0.710. The van der Waals surface area contributed by atoms with Gasteiger partial charge < -0.3 is 15.2 Å². The lowest BCUT2D eigenvalue weighted by Crippen LogP contribution is -2.41. The zero-order valence-corrected chi connectivity index (χ0v) is 8.17. The second-order valence-electron chi connectivity index (χ2n) is 3.56. The van der Waals surface area contributed by atoms with Gasteiger partial charge in [-0.1, -0.05) is 0 Å². The Morgan fingerprint density at radius 3 is 2.31 bits per heavy atom. The second kappa shape index (κ2) is 4.11. The number of amides is 1. The van der Waals surface area contributed by atoms with E-state index in [2.05, 4.69) is 0 Å². The summed E-state index contributed by atoms with van der Waals surface area (Å²) in [6.07, 6.45) is -0.919. The van der Waals surface area contributed by atoms with Crippen LogP contribution in [0.3, 0.4) is 0 Å². The second-order valence-corrected chi connectivity index (χ2v) is 3.56. The molecule has 0 heterocycles. The van der Waals surface area contributed by atoms with Crippen LogP contribution in [0.1, 0.15) is 29.1 Å². The molecular weight excluding hydrogens is 174 g/mol. The number of hydrogen-bond donors (Lipinski definition) is 2. The molecule has 13 heavy (non-hydrogen) atoms. The van der Waals surface area contributed by atoms with Crippen molar-refractivity contribution in [2.75, 3.05) is 0 Å². The van der Waals surface area contributed by atoms with Crippen LogP contribution in [0.25, 0.3) is 0 Å². The van der Waals surface area contributed by atoms with Crippen LogP contribution in [-0.2, 0) is 9.53 Å². The van der Waals surface area contributed by atoms with Gasteiger partial charge in [-0.15, -0.1) is 0 Å². The van der Waals surface area contributed by atoms with Crippen LogP contribution < -0.4 is 5.32 Å². The van der Waals surface area contributed by atoms with E-state index >= 15 is 0 Å². The molecular formula is C8H15NO4. The van der Waals surface area contributed by atoms with E-state index < -0.39 is 23.7 Å². The smallest absolute Gasteiger partial charge is 0.408 e. The van der Waals surface area contributed by atoms with Crippen molar-refractivity contribution in [1.82, 2.24) is 5.32 Å². The number of carbonyl (C=O) groups is 2. The molecule has 0 aliphatic heterocycles. The molecule has 0 unspecified atom stereocenters. The van der Waals surface area contributed by atoms with Gasteiger partial charge in [0.2, 0.25) is 0 Å². The molecule has 1 atom stereocenters. The minimum Gasteiger partial charge on any atom is -0.480 e. The molecule has 1 amide bonds. The highest BCUT2D eigenvalue weighted by molar-refractivity contribution is 5.79. The maximum atomic E-state index is 11.1. The SMILES string of the molecule is [2H][C@@](C)(NC(=O)OC(C)(C)C)C(=O)O. The first-order chi connectivity index (χ1) is 6.04.